The average Bonchev–Trinajstić information content (AvgIpc) is 2.62. The van der Waals surface area contributed by atoms with E-state index in [1.54, 1.807) is 4.68 Å². The lowest BCUT2D eigenvalue weighted by Crippen LogP contribution is -2.55. The molecule has 0 aliphatic carbocycles. The fraction of sp³-hybridized carbons (Fsp3) is 0.692. The Balaban J connectivity index is 2.29. The van der Waals surface area contributed by atoms with E-state index in [1.807, 2.05) is 32.7 Å². The molecule has 0 spiro atoms. The van der Waals surface area contributed by atoms with Gasteiger partial charge in [0.25, 0.3) is 0 Å². The Morgan fingerprint density at radius 3 is 2.80 bits per heavy atom. The Labute approximate surface area is 119 Å². The number of nitrogen functional groups attached to an aromatic ring is 1. The van der Waals surface area contributed by atoms with Gasteiger partial charge in [0.1, 0.15) is 6.04 Å². The summed E-state index contributed by atoms with van der Waals surface area (Å²) in [6.07, 6.45) is 0. The Bertz CT molecular complexity index is 497. The molecule has 0 aromatic carbocycles. The van der Waals surface area contributed by atoms with Gasteiger partial charge >= 0.3 is 0 Å². The summed E-state index contributed by atoms with van der Waals surface area (Å²) in [5.41, 5.74) is 7.50. The minimum atomic E-state index is -0.372. The summed E-state index contributed by atoms with van der Waals surface area (Å²) in [7, 11) is 1.84. The number of hydrogen-bond donors (Lipinski definition) is 2. The molecule has 1 atom stereocenters. The largest absolute Gasteiger partial charge is 0.394 e. The molecule has 1 aromatic heterocycles. The van der Waals surface area contributed by atoms with Crippen LogP contribution in [0.1, 0.15) is 19.5 Å². The number of anilines is 2. The number of morpholine rings is 1. The number of hydrogen-bond acceptors (Lipinski definition) is 5. The van der Waals surface area contributed by atoms with Crippen molar-refractivity contribution in [1.82, 2.24) is 15.1 Å². The van der Waals surface area contributed by atoms with Crippen molar-refractivity contribution in [3.8, 4) is 0 Å². The lowest BCUT2D eigenvalue weighted by Gasteiger charge is -2.36. The highest BCUT2D eigenvalue weighted by Gasteiger charge is 2.33. The summed E-state index contributed by atoms with van der Waals surface area (Å²) in [6.45, 7) is 7.31. The fourth-order valence-corrected chi connectivity index (χ4v) is 2.46. The predicted octanol–water partition coefficient (Wildman–Crippen LogP) is 0.0405. The van der Waals surface area contributed by atoms with Crippen molar-refractivity contribution in [3.05, 3.63) is 5.69 Å². The van der Waals surface area contributed by atoms with Gasteiger partial charge in [0, 0.05) is 19.6 Å². The van der Waals surface area contributed by atoms with Gasteiger partial charge in [-0.2, -0.15) is 5.10 Å². The van der Waals surface area contributed by atoms with Crippen LogP contribution in [0.3, 0.4) is 0 Å². The van der Waals surface area contributed by atoms with E-state index in [1.165, 1.54) is 0 Å². The van der Waals surface area contributed by atoms with Gasteiger partial charge in [-0.25, -0.2) is 0 Å². The minimum Gasteiger partial charge on any atom is -0.394 e. The zero-order chi connectivity index (χ0) is 14.9. The topological polar surface area (TPSA) is 85.4 Å². The molecule has 1 aliphatic rings. The maximum absolute atomic E-state index is 12.3. The van der Waals surface area contributed by atoms with Gasteiger partial charge in [0.2, 0.25) is 5.91 Å². The molecule has 20 heavy (non-hydrogen) atoms. The van der Waals surface area contributed by atoms with Crippen LogP contribution in [0.4, 0.5) is 11.5 Å². The van der Waals surface area contributed by atoms with Crippen molar-refractivity contribution in [2.24, 2.45) is 7.05 Å². The fourth-order valence-electron chi connectivity index (χ4n) is 2.46. The van der Waals surface area contributed by atoms with Gasteiger partial charge < -0.3 is 20.7 Å². The van der Waals surface area contributed by atoms with Crippen LogP contribution >= 0.6 is 0 Å². The molecular weight excluding hydrogens is 258 g/mol. The van der Waals surface area contributed by atoms with Crippen LogP contribution in [0.5, 0.6) is 0 Å². The normalized spacial score (nSPS) is 19.4. The summed E-state index contributed by atoms with van der Waals surface area (Å²) in [4.78, 5) is 14.3. The first-order chi connectivity index (χ1) is 9.41. The number of aryl methyl sites for hydroxylation is 2. The Hall–Kier alpha value is -1.76. The SMILES string of the molecule is Cc1nn(C)c(N2CCOCC2C(=O)NC(C)C)c1N. The van der Waals surface area contributed by atoms with Gasteiger partial charge in [-0.05, 0) is 20.8 Å². The molecule has 0 radical (unpaired) electrons. The molecular formula is C13H23N5O2. The predicted molar refractivity (Wildman–Crippen MR) is 77.6 cm³/mol. The number of aromatic nitrogens is 2. The lowest BCUT2D eigenvalue weighted by molar-refractivity contribution is -0.125. The van der Waals surface area contributed by atoms with Crippen molar-refractivity contribution in [2.75, 3.05) is 30.4 Å². The van der Waals surface area contributed by atoms with Crippen molar-refractivity contribution < 1.29 is 9.53 Å². The molecule has 2 rings (SSSR count). The number of nitrogens with one attached hydrogen (secondary N) is 1. The van der Waals surface area contributed by atoms with E-state index in [2.05, 4.69) is 10.4 Å². The highest BCUT2D eigenvalue weighted by Crippen LogP contribution is 2.28. The molecule has 3 N–H and O–H groups in total. The highest BCUT2D eigenvalue weighted by molar-refractivity contribution is 5.87. The molecule has 2 heterocycles. The molecule has 1 saturated heterocycles. The first kappa shape index (κ1) is 14.6. The van der Waals surface area contributed by atoms with Crippen molar-refractivity contribution in [3.63, 3.8) is 0 Å². The highest BCUT2D eigenvalue weighted by atomic mass is 16.5. The molecule has 0 bridgehead atoms. The van der Waals surface area contributed by atoms with E-state index in [9.17, 15) is 4.79 Å². The number of ether oxygens (including phenoxy) is 1. The molecule has 1 aromatic rings. The monoisotopic (exact) mass is 281 g/mol. The quantitative estimate of drug-likeness (QED) is 0.817. The molecule has 1 amide bonds. The molecule has 1 unspecified atom stereocenters. The molecule has 112 valence electrons. The number of carbonyl (C=O) groups excluding carboxylic acids is 1. The van der Waals surface area contributed by atoms with Gasteiger partial charge in [-0.1, -0.05) is 0 Å². The maximum atomic E-state index is 12.3. The van der Waals surface area contributed by atoms with Crippen molar-refractivity contribution >= 4 is 17.4 Å². The summed E-state index contributed by atoms with van der Waals surface area (Å²) >= 11 is 0. The number of nitrogens with zero attached hydrogens (tertiary/aromatic N) is 3. The molecule has 1 aliphatic heterocycles. The van der Waals surface area contributed by atoms with Crippen LogP contribution < -0.4 is 16.0 Å². The molecule has 0 saturated carbocycles. The minimum absolute atomic E-state index is 0.0436. The summed E-state index contributed by atoms with van der Waals surface area (Å²) in [5, 5.41) is 7.24. The number of nitrogens with two attached hydrogens (primary N) is 1. The zero-order valence-electron chi connectivity index (χ0n) is 12.5. The second-order valence-corrected chi connectivity index (χ2v) is 5.39. The number of rotatable bonds is 3. The number of carbonyl (C=O) groups is 1. The standard InChI is InChI=1S/C13H23N5O2/c1-8(2)15-12(19)10-7-20-6-5-18(10)13-11(14)9(3)16-17(13)4/h8,10H,5-7,14H2,1-4H3,(H,15,19). The summed E-state index contributed by atoms with van der Waals surface area (Å²) in [6, 6.07) is -0.278. The average molecular weight is 281 g/mol. The third-order valence-electron chi connectivity index (χ3n) is 3.37. The summed E-state index contributed by atoms with van der Waals surface area (Å²) < 4.78 is 7.18. The third-order valence-corrected chi connectivity index (χ3v) is 3.37. The second kappa shape index (κ2) is 5.70. The van der Waals surface area contributed by atoms with E-state index in [0.717, 1.165) is 11.5 Å². The van der Waals surface area contributed by atoms with Crippen LogP contribution in [0.25, 0.3) is 0 Å². The van der Waals surface area contributed by atoms with Crippen molar-refractivity contribution in [2.45, 2.75) is 32.9 Å². The van der Waals surface area contributed by atoms with Gasteiger partial charge in [-0.15, -0.1) is 0 Å². The first-order valence-electron chi connectivity index (χ1n) is 6.85. The van der Waals surface area contributed by atoms with E-state index in [0.29, 0.717) is 25.4 Å². The molecule has 1 fully saturated rings. The van der Waals surface area contributed by atoms with Crippen LogP contribution in [0, 0.1) is 6.92 Å². The smallest absolute Gasteiger partial charge is 0.245 e. The lowest BCUT2D eigenvalue weighted by atomic mass is 10.2. The Morgan fingerprint density at radius 1 is 1.55 bits per heavy atom. The second-order valence-electron chi connectivity index (χ2n) is 5.39. The van der Waals surface area contributed by atoms with Crippen molar-refractivity contribution in [1.29, 1.82) is 0 Å². The molecule has 7 heteroatoms. The van der Waals surface area contributed by atoms with Gasteiger partial charge in [0.05, 0.1) is 24.6 Å². The summed E-state index contributed by atoms with van der Waals surface area (Å²) in [5.74, 6) is 0.743. The maximum Gasteiger partial charge on any atom is 0.245 e. The van der Waals surface area contributed by atoms with Crippen LogP contribution in [0.15, 0.2) is 0 Å². The zero-order valence-corrected chi connectivity index (χ0v) is 12.5. The Morgan fingerprint density at radius 2 is 2.25 bits per heavy atom. The Kier molecular flexibility index (Phi) is 4.17. The van der Waals surface area contributed by atoms with E-state index in [-0.39, 0.29) is 18.0 Å². The first-order valence-corrected chi connectivity index (χ1v) is 6.85. The van der Waals surface area contributed by atoms with E-state index >= 15 is 0 Å². The van der Waals surface area contributed by atoms with Gasteiger partial charge in [-0.3, -0.25) is 9.48 Å². The van der Waals surface area contributed by atoms with Gasteiger partial charge in [0.15, 0.2) is 5.82 Å². The van der Waals surface area contributed by atoms with Crippen LogP contribution in [0.2, 0.25) is 0 Å². The van der Waals surface area contributed by atoms with Crippen LogP contribution in [-0.2, 0) is 16.6 Å². The van der Waals surface area contributed by atoms with E-state index in [4.69, 9.17) is 10.5 Å². The van der Waals surface area contributed by atoms with Crippen LogP contribution in [-0.4, -0.2) is 47.5 Å². The molecule has 7 nitrogen and oxygen atoms in total. The number of amides is 1. The van der Waals surface area contributed by atoms with E-state index < -0.39 is 0 Å². The third kappa shape index (κ3) is 2.72.